The van der Waals surface area contributed by atoms with Gasteiger partial charge < -0.3 is 5.32 Å². The van der Waals surface area contributed by atoms with Gasteiger partial charge in [0.15, 0.2) is 0 Å². The maximum absolute atomic E-state index is 6.17. The van der Waals surface area contributed by atoms with Crippen LogP contribution in [0.15, 0.2) is 24.4 Å². The number of aryl methyl sites for hydroxylation is 1. The molecule has 5 heteroatoms. The summed E-state index contributed by atoms with van der Waals surface area (Å²) in [4.78, 5) is 8.97. The van der Waals surface area contributed by atoms with E-state index >= 15 is 0 Å². The van der Waals surface area contributed by atoms with Crippen LogP contribution in [0, 0.1) is 6.92 Å². The minimum atomic E-state index is 0.230. The number of rotatable bonds is 4. The fraction of sp³-hybridized carbons (Fsp3) is 0.333. The molecule has 0 spiro atoms. The van der Waals surface area contributed by atoms with Gasteiger partial charge in [-0.1, -0.05) is 29.3 Å². The molecule has 20 heavy (non-hydrogen) atoms. The van der Waals surface area contributed by atoms with Crippen LogP contribution in [0.1, 0.15) is 35.6 Å². The standard InChI is InChI=1S/C15H17Cl2N3/c1-9(18-3)12-8-19-15(20-10(12)2)7-11-13(16)5-4-6-14(11)17/h4-6,8-9,18H,7H2,1-3H3. The number of nitrogens with zero attached hydrogens (tertiary/aromatic N) is 2. The minimum absolute atomic E-state index is 0.230. The Labute approximate surface area is 129 Å². The molecule has 0 fully saturated rings. The van der Waals surface area contributed by atoms with Crippen LogP contribution in [-0.2, 0) is 6.42 Å². The van der Waals surface area contributed by atoms with E-state index in [9.17, 15) is 0 Å². The van der Waals surface area contributed by atoms with Crippen LogP contribution in [0.5, 0.6) is 0 Å². The minimum Gasteiger partial charge on any atom is -0.313 e. The van der Waals surface area contributed by atoms with Crippen LogP contribution in [0.2, 0.25) is 10.0 Å². The SMILES string of the molecule is CNC(C)c1cnc(Cc2c(Cl)cccc2Cl)nc1C. The normalized spacial score (nSPS) is 12.4. The number of benzene rings is 1. The molecule has 0 saturated heterocycles. The summed E-state index contributed by atoms with van der Waals surface area (Å²) >= 11 is 12.3. The van der Waals surface area contributed by atoms with Crippen molar-refractivity contribution in [2.75, 3.05) is 7.05 Å². The Hall–Kier alpha value is -1.16. The molecule has 0 aliphatic carbocycles. The third-order valence-corrected chi connectivity index (χ3v) is 4.07. The Morgan fingerprint density at radius 2 is 1.90 bits per heavy atom. The summed E-state index contributed by atoms with van der Waals surface area (Å²) in [5, 5.41) is 4.48. The molecule has 2 rings (SSSR count). The van der Waals surface area contributed by atoms with E-state index in [2.05, 4.69) is 22.2 Å². The van der Waals surface area contributed by atoms with E-state index in [1.54, 1.807) is 0 Å². The van der Waals surface area contributed by atoms with E-state index < -0.39 is 0 Å². The third-order valence-electron chi connectivity index (χ3n) is 3.36. The Kier molecular flexibility index (Phi) is 4.97. The first kappa shape index (κ1) is 15.2. The molecule has 1 aromatic carbocycles. The molecule has 1 unspecified atom stereocenters. The average molecular weight is 310 g/mol. The molecule has 1 heterocycles. The van der Waals surface area contributed by atoms with Crippen molar-refractivity contribution < 1.29 is 0 Å². The highest BCUT2D eigenvalue weighted by molar-refractivity contribution is 6.36. The van der Waals surface area contributed by atoms with Crippen molar-refractivity contribution in [2.45, 2.75) is 26.3 Å². The van der Waals surface area contributed by atoms with E-state index in [-0.39, 0.29) is 6.04 Å². The summed E-state index contributed by atoms with van der Waals surface area (Å²) in [6.45, 7) is 4.07. The molecule has 106 valence electrons. The van der Waals surface area contributed by atoms with E-state index in [4.69, 9.17) is 23.2 Å². The first-order valence-electron chi connectivity index (χ1n) is 6.45. The van der Waals surface area contributed by atoms with Crippen molar-refractivity contribution >= 4 is 23.2 Å². The van der Waals surface area contributed by atoms with Gasteiger partial charge in [-0.25, -0.2) is 9.97 Å². The lowest BCUT2D eigenvalue weighted by Crippen LogP contribution is -2.15. The van der Waals surface area contributed by atoms with Crippen LogP contribution in [-0.4, -0.2) is 17.0 Å². The molecular weight excluding hydrogens is 293 g/mol. The van der Waals surface area contributed by atoms with Gasteiger partial charge in [0.2, 0.25) is 0 Å². The Bertz CT molecular complexity index is 594. The summed E-state index contributed by atoms with van der Waals surface area (Å²) in [5.74, 6) is 0.726. The lowest BCUT2D eigenvalue weighted by molar-refractivity contribution is 0.638. The largest absolute Gasteiger partial charge is 0.313 e. The van der Waals surface area contributed by atoms with Crippen LogP contribution in [0.4, 0.5) is 0 Å². The lowest BCUT2D eigenvalue weighted by atomic mass is 10.1. The van der Waals surface area contributed by atoms with Gasteiger partial charge in [0.1, 0.15) is 5.82 Å². The smallest absolute Gasteiger partial charge is 0.133 e. The second-order valence-corrected chi connectivity index (χ2v) is 5.53. The molecule has 1 N–H and O–H groups in total. The maximum atomic E-state index is 6.17. The molecule has 0 bridgehead atoms. The predicted octanol–water partition coefficient (Wildman–Crippen LogP) is 3.96. The van der Waals surface area contributed by atoms with Gasteiger partial charge in [-0.3, -0.25) is 0 Å². The number of halogens is 2. The van der Waals surface area contributed by atoms with Crippen molar-refractivity contribution in [3.8, 4) is 0 Å². The van der Waals surface area contributed by atoms with E-state index in [1.165, 1.54) is 0 Å². The molecule has 0 aliphatic heterocycles. The third kappa shape index (κ3) is 3.29. The monoisotopic (exact) mass is 309 g/mol. The first-order valence-corrected chi connectivity index (χ1v) is 7.21. The zero-order chi connectivity index (χ0) is 14.7. The Morgan fingerprint density at radius 3 is 2.45 bits per heavy atom. The number of nitrogens with one attached hydrogen (secondary N) is 1. The Morgan fingerprint density at radius 1 is 1.25 bits per heavy atom. The van der Waals surface area contributed by atoms with Gasteiger partial charge in [-0.05, 0) is 38.6 Å². The highest BCUT2D eigenvalue weighted by atomic mass is 35.5. The van der Waals surface area contributed by atoms with Crippen LogP contribution in [0.3, 0.4) is 0 Å². The average Bonchev–Trinajstić information content (AvgIpc) is 2.42. The van der Waals surface area contributed by atoms with E-state index in [0.29, 0.717) is 16.5 Å². The van der Waals surface area contributed by atoms with Gasteiger partial charge >= 0.3 is 0 Å². The molecule has 3 nitrogen and oxygen atoms in total. The molecule has 0 saturated carbocycles. The van der Waals surface area contributed by atoms with Crippen LogP contribution >= 0.6 is 23.2 Å². The number of hydrogen-bond donors (Lipinski definition) is 1. The summed E-state index contributed by atoms with van der Waals surface area (Å²) in [6.07, 6.45) is 2.40. The van der Waals surface area contributed by atoms with Gasteiger partial charge in [-0.2, -0.15) is 0 Å². The van der Waals surface area contributed by atoms with E-state index in [0.717, 1.165) is 22.6 Å². The highest BCUT2D eigenvalue weighted by Gasteiger charge is 2.12. The van der Waals surface area contributed by atoms with Crippen molar-refractivity contribution in [3.05, 3.63) is 57.1 Å². The molecule has 0 radical (unpaired) electrons. The second kappa shape index (κ2) is 6.53. The zero-order valence-electron chi connectivity index (χ0n) is 11.7. The predicted molar refractivity (Wildman–Crippen MR) is 83.5 cm³/mol. The van der Waals surface area contributed by atoms with Crippen LogP contribution < -0.4 is 5.32 Å². The summed E-state index contributed by atoms with van der Waals surface area (Å²) in [5.41, 5.74) is 2.94. The number of hydrogen-bond acceptors (Lipinski definition) is 3. The molecule has 0 amide bonds. The van der Waals surface area contributed by atoms with Gasteiger partial charge in [-0.15, -0.1) is 0 Å². The quantitative estimate of drug-likeness (QED) is 0.929. The number of aromatic nitrogens is 2. The second-order valence-electron chi connectivity index (χ2n) is 4.71. The lowest BCUT2D eigenvalue weighted by Gasteiger charge is -2.13. The topological polar surface area (TPSA) is 37.8 Å². The van der Waals surface area contributed by atoms with Gasteiger partial charge in [0, 0.05) is 40.0 Å². The highest BCUT2D eigenvalue weighted by Crippen LogP contribution is 2.26. The van der Waals surface area contributed by atoms with Crippen molar-refractivity contribution in [1.29, 1.82) is 0 Å². The molecule has 2 aromatic rings. The first-order chi connectivity index (χ1) is 9.52. The molecule has 0 aliphatic rings. The Balaban J connectivity index is 2.29. The van der Waals surface area contributed by atoms with Crippen molar-refractivity contribution in [1.82, 2.24) is 15.3 Å². The molecule has 1 atom stereocenters. The molecular formula is C15H17Cl2N3. The van der Waals surface area contributed by atoms with Crippen LogP contribution in [0.25, 0.3) is 0 Å². The maximum Gasteiger partial charge on any atom is 0.133 e. The summed E-state index contributed by atoms with van der Waals surface area (Å²) in [7, 11) is 1.92. The van der Waals surface area contributed by atoms with Crippen molar-refractivity contribution in [3.63, 3.8) is 0 Å². The summed E-state index contributed by atoms with van der Waals surface area (Å²) < 4.78 is 0. The fourth-order valence-electron chi connectivity index (χ4n) is 2.05. The van der Waals surface area contributed by atoms with E-state index in [1.807, 2.05) is 38.4 Å². The molecule has 1 aromatic heterocycles. The zero-order valence-corrected chi connectivity index (χ0v) is 13.3. The fourth-order valence-corrected chi connectivity index (χ4v) is 2.58. The van der Waals surface area contributed by atoms with Crippen molar-refractivity contribution in [2.24, 2.45) is 0 Å². The summed E-state index contributed by atoms with van der Waals surface area (Å²) in [6, 6.07) is 5.71. The van der Waals surface area contributed by atoms with Gasteiger partial charge in [0.05, 0.1) is 0 Å². The van der Waals surface area contributed by atoms with Gasteiger partial charge in [0.25, 0.3) is 0 Å².